The Hall–Kier alpha value is -3.13. The number of nitrogens with zero attached hydrogens (tertiary/aromatic N) is 3. The molecule has 8 heteroatoms. The third kappa shape index (κ3) is 3.86. The summed E-state index contributed by atoms with van der Waals surface area (Å²) in [5, 5.41) is 21.1. The van der Waals surface area contributed by atoms with Crippen molar-refractivity contribution < 1.29 is 14.8 Å². The van der Waals surface area contributed by atoms with Crippen LogP contribution >= 0.6 is 11.8 Å². The van der Waals surface area contributed by atoms with Gasteiger partial charge in [0, 0.05) is 17.2 Å². The highest BCUT2D eigenvalue weighted by Crippen LogP contribution is 2.33. The average molecular weight is 355 g/mol. The molecule has 3 rings (SSSR count). The molecule has 2 aromatic rings. The molecule has 0 atom stereocenters. The van der Waals surface area contributed by atoms with E-state index in [0.29, 0.717) is 10.9 Å². The molecule has 126 valence electrons. The number of rotatable bonds is 4. The first kappa shape index (κ1) is 16.7. The van der Waals surface area contributed by atoms with E-state index in [1.54, 1.807) is 42.6 Å². The van der Waals surface area contributed by atoms with Crippen molar-refractivity contribution in [2.24, 2.45) is 9.98 Å². The topological polar surface area (TPSA) is 97.3 Å². The molecule has 0 saturated heterocycles. The van der Waals surface area contributed by atoms with Crippen LogP contribution in [0.4, 0.5) is 11.4 Å². The van der Waals surface area contributed by atoms with Gasteiger partial charge in [-0.15, -0.1) is 0 Å². The number of thioether (sulfide) groups is 1. The van der Waals surface area contributed by atoms with Crippen molar-refractivity contribution >= 4 is 40.6 Å². The predicted molar refractivity (Wildman–Crippen MR) is 98.9 cm³/mol. The second kappa shape index (κ2) is 7.18. The summed E-state index contributed by atoms with van der Waals surface area (Å²) in [7, 11) is 1.48. The van der Waals surface area contributed by atoms with Gasteiger partial charge in [0.05, 0.1) is 12.0 Å². The van der Waals surface area contributed by atoms with Crippen LogP contribution in [0.5, 0.6) is 11.5 Å². The summed E-state index contributed by atoms with van der Waals surface area (Å²) in [6.45, 7) is 0. The van der Waals surface area contributed by atoms with Gasteiger partial charge in [-0.3, -0.25) is 10.1 Å². The average Bonchev–Trinajstić information content (AvgIpc) is 3.04. The molecule has 0 amide bonds. The fourth-order valence-electron chi connectivity index (χ4n) is 2.16. The number of aliphatic imine (C=N–C) groups is 2. The Balaban J connectivity index is 1.83. The third-order valence-electron chi connectivity index (χ3n) is 3.32. The molecule has 25 heavy (non-hydrogen) atoms. The van der Waals surface area contributed by atoms with Gasteiger partial charge in [-0.05, 0) is 41.6 Å². The summed E-state index contributed by atoms with van der Waals surface area (Å²) in [6.07, 6.45) is 3.50. The highest BCUT2D eigenvalue weighted by atomic mass is 32.2. The summed E-state index contributed by atoms with van der Waals surface area (Å²) < 4.78 is 5.08. The Morgan fingerprint density at radius 2 is 2.12 bits per heavy atom. The standard InChI is InChI=1S/C17H13N3O4S/c1-24-16-9-11(6-7-15(16)21)8-12-10-18-17(25-12)19-13-4-2-3-5-14(13)20(22)23/h2-10,21H,1H3. The van der Waals surface area contributed by atoms with Gasteiger partial charge in [0.15, 0.2) is 16.7 Å². The van der Waals surface area contributed by atoms with Gasteiger partial charge in [0.2, 0.25) is 0 Å². The molecule has 0 aliphatic carbocycles. The minimum atomic E-state index is -0.470. The Bertz CT molecular complexity index is 922. The SMILES string of the molecule is COc1cc(C=C2C=NC(=Nc3ccccc3[N+](=O)[O-])S2)ccc1O. The number of methoxy groups -OCH3 is 1. The molecular formula is C17H13N3O4S. The Kier molecular flexibility index (Phi) is 4.80. The monoisotopic (exact) mass is 355 g/mol. The second-order valence-corrected chi connectivity index (χ2v) is 6.02. The van der Waals surface area contributed by atoms with Crippen LogP contribution < -0.4 is 4.74 Å². The lowest BCUT2D eigenvalue weighted by Gasteiger charge is -2.04. The summed E-state index contributed by atoms with van der Waals surface area (Å²) >= 11 is 1.30. The molecule has 0 unspecified atom stereocenters. The molecule has 0 spiro atoms. The lowest BCUT2D eigenvalue weighted by molar-refractivity contribution is -0.384. The summed E-state index contributed by atoms with van der Waals surface area (Å²) in [6, 6.07) is 11.3. The Labute approximate surface area is 147 Å². The van der Waals surface area contributed by atoms with Crippen molar-refractivity contribution in [2.75, 3.05) is 7.11 Å². The highest BCUT2D eigenvalue weighted by molar-refractivity contribution is 8.18. The molecule has 1 aliphatic rings. The Morgan fingerprint density at radius 1 is 1.32 bits per heavy atom. The number of hydrogen-bond acceptors (Lipinski definition) is 6. The number of aromatic hydroxyl groups is 1. The molecule has 1 N–H and O–H groups in total. The highest BCUT2D eigenvalue weighted by Gasteiger charge is 2.15. The lowest BCUT2D eigenvalue weighted by Crippen LogP contribution is -1.89. The first-order chi connectivity index (χ1) is 12.1. The van der Waals surface area contributed by atoms with E-state index in [-0.39, 0.29) is 17.1 Å². The van der Waals surface area contributed by atoms with Crippen LogP contribution in [0.2, 0.25) is 0 Å². The molecule has 0 saturated carbocycles. The fourth-order valence-corrected chi connectivity index (χ4v) is 2.92. The van der Waals surface area contributed by atoms with E-state index in [1.165, 1.54) is 24.9 Å². The maximum Gasteiger partial charge on any atom is 0.294 e. The largest absolute Gasteiger partial charge is 0.504 e. The minimum Gasteiger partial charge on any atom is -0.504 e. The van der Waals surface area contributed by atoms with E-state index in [2.05, 4.69) is 9.98 Å². The number of amidine groups is 1. The van der Waals surface area contributed by atoms with Crippen LogP contribution in [0.15, 0.2) is 57.4 Å². The molecule has 0 aromatic heterocycles. The molecule has 0 fully saturated rings. The molecule has 2 aromatic carbocycles. The maximum absolute atomic E-state index is 11.0. The van der Waals surface area contributed by atoms with Gasteiger partial charge in [0.1, 0.15) is 5.69 Å². The van der Waals surface area contributed by atoms with Crippen molar-refractivity contribution in [1.29, 1.82) is 0 Å². The van der Waals surface area contributed by atoms with Crippen molar-refractivity contribution in [2.45, 2.75) is 0 Å². The zero-order valence-electron chi connectivity index (χ0n) is 13.1. The van der Waals surface area contributed by atoms with Gasteiger partial charge in [-0.2, -0.15) is 0 Å². The van der Waals surface area contributed by atoms with Gasteiger partial charge < -0.3 is 9.84 Å². The molecule has 0 radical (unpaired) electrons. The summed E-state index contributed by atoms with van der Waals surface area (Å²) in [5.74, 6) is 0.444. The second-order valence-electron chi connectivity index (χ2n) is 4.98. The number of hydrogen-bond donors (Lipinski definition) is 1. The zero-order valence-corrected chi connectivity index (χ0v) is 13.9. The van der Waals surface area contributed by atoms with E-state index in [0.717, 1.165) is 10.5 Å². The van der Waals surface area contributed by atoms with Crippen molar-refractivity contribution in [3.8, 4) is 11.5 Å². The molecular weight excluding hydrogens is 342 g/mol. The van der Waals surface area contributed by atoms with Crippen molar-refractivity contribution in [1.82, 2.24) is 0 Å². The summed E-state index contributed by atoms with van der Waals surface area (Å²) in [4.78, 5) is 19.8. The number of allylic oxidation sites excluding steroid dienone is 1. The lowest BCUT2D eigenvalue weighted by atomic mass is 10.2. The van der Waals surface area contributed by atoms with E-state index in [1.807, 2.05) is 6.08 Å². The van der Waals surface area contributed by atoms with Crippen LogP contribution in [0.1, 0.15) is 5.56 Å². The number of nitro benzene ring substituents is 1. The maximum atomic E-state index is 11.0. The Morgan fingerprint density at radius 3 is 2.88 bits per heavy atom. The predicted octanol–water partition coefficient (Wildman–Crippen LogP) is 4.16. The molecule has 0 bridgehead atoms. The molecule has 1 aliphatic heterocycles. The quantitative estimate of drug-likeness (QED) is 0.656. The zero-order chi connectivity index (χ0) is 17.8. The minimum absolute atomic E-state index is 0.0634. The number of benzene rings is 2. The van der Waals surface area contributed by atoms with Crippen LogP contribution in [0.3, 0.4) is 0 Å². The number of phenols is 1. The van der Waals surface area contributed by atoms with Gasteiger partial charge in [-0.1, -0.05) is 18.2 Å². The van der Waals surface area contributed by atoms with Crippen LogP contribution in [0.25, 0.3) is 6.08 Å². The van der Waals surface area contributed by atoms with Crippen molar-refractivity contribution in [3.63, 3.8) is 0 Å². The first-order valence-electron chi connectivity index (χ1n) is 7.19. The number of para-hydroxylation sites is 2. The normalized spacial score (nSPS) is 16.5. The van der Waals surface area contributed by atoms with Crippen LogP contribution in [-0.4, -0.2) is 28.5 Å². The third-order valence-corrected chi connectivity index (χ3v) is 4.16. The number of ether oxygens (including phenoxy) is 1. The molecule has 1 heterocycles. The first-order valence-corrected chi connectivity index (χ1v) is 8.01. The number of nitro groups is 1. The van der Waals surface area contributed by atoms with Gasteiger partial charge in [0.25, 0.3) is 5.69 Å². The molecule has 7 nitrogen and oxygen atoms in total. The van der Waals surface area contributed by atoms with E-state index < -0.39 is 4.92 Å². The van der Waals surface area contributed by atoms with E-state index in [4.69, 9.17) is 4.74 Å². The smallest absolute Gasteiger partial charge is 0.294 e. The van der Waals surface area contributed by atoms with Crippen molar-refractivity contribution in [3.05, 3.63) is 63.0 Å². The van der Waals surface area contributed by atoms with Gasteiger partial charge in [-0.25, -0.2) is 9.98 Å². The fraction of sp³-hybridized carbons (Fsp3) is 0.0588. The van der Waals surface area contributed by atoms with Gasteiger partial charge >= 0.3 is 0 Å². The number of phenolic OH excluding ortho intramolecular Hbond substituents is 1. The van der Waals surface area contributed by atoms with E-state index in [9.17, 15) is 15.2 Å². The van der Waals surface area contributed by atoms with Crippen LogP contribution in [0, 0.1) is 10.1 Å². The van der Waals surface area contributed by atoms with Crippen LogP contribution in [-0.2, 0) is 0 Å². The summed E-state index contributed by atoms with van der Waals surface area (Å²) in [5.41, 5.74) is 1.03. The van der Waals surface area contributed by atoms with E-state index >= 15 is 0 Å².